The van der Waals surface area contributed by atoms with Crippen molar-refractivity contribution >= 4 is 41.7 Å². The molecule has 1 aliphatic carbocycles. The van der Waals surface area contributed by atoms with Crippen LogP contribution in [0.2, 0.25) is 0 Å². The van der Waals surface area contributed by atoms with Gasteiger partial charge in [0.2, 0.25) is 0 Å². The van der Waals surface area contributed by atoms with Crippen molar-refractivity contribution < 1.29 is 5.11 Å². The van der Waals surface area contributed by atoms with Crippen LogP contribution in [0.5, 0.6) is 5.75 Å². The summed E-state index contributed by atoms with van der Waals surface area (Å²) >= 11 is 2.07. The molecule has 2 atom stereocenters. The number of thioether (sulfide) groups is 1. The molecule has 2 unspecified atom stereocenters. The van der Waals surface area contributed by atoms with E-state index in [0.717, 1.165) is 23.3 Å². The number of halogens is 1. The van der Waals surface area contributed by atoms with E-state index in [2.05, 4.69) is 41.2 Å². The first-order valence-corrected chi connectivity index (χ1v) is 9.20. The molecule has 1 fully saturated rings. The molecule has 0 saturated heterocycles. The Bertz CT molecular complexity index is 498. The molecule has 1 saturated carbocycles. The second-order valence-corrected chi connectivity index (χ2v) is 7.17. The number of hydrogen-bond acceptors (Lipinski definition) is 3. The molecule has 6 heteroatoms. The van der Waals surface area contributed by atoms with E-state index in [4.69, 9.17) is 0 Å². The number of aromatic hydroxyl groups is 1. The van der Waals surface area contributed by atoms with Gasteiger partial charge < -0.3 is 15.7 Å². The number of aliphatic imine (C=N–C) groups is 1. The fourth-order valence-corrected chi connectivity index (χ4v) is 3.94. The molecule has 0 radical (unpaired) electrons. The Balaban J connectivity index is 0.00000264. The molecular weight excluding hydrogens is 421 g/mol. The number of nitrogens with one attached hydrogen (secondary N) is 2. The highest BCUT2D eigenvalue weighted by molar-refractivity contribution is 14.0. The van der Waals surface area contributed by atoms with Gasteiger partial charge in [-0.25, -0.2) is 4.99 Å². The smallest absolute Gasteiger partial charge is 0.191 e. The maximum absolute atomic E-state index is 9.51. The highest BCUT2D eigenvalue weighted by Crippen LogP contribution is 2.29. The zero-order chi connectivity index (χ0) is 15.8. The normalized spacial score (nSPS) is 20.9. The Labute approximate surface area is 160 Å². The van der Waals surface area contributed by atoms with Gasteiger partial charge in [0.1, 0.15) is 5.75 Å². The number of hydrogen-bond donors (Lipinski definition) is 3. The highest BCUT2D eigenvalue weighted by Gasteiger charge is 2.24. The molecule has 1 aromatic carbocycles. The van der Waals surface area contributed by atoms with E-state index in [9.17, 15) is 5.11 Å². The molecule has 1 aliphatic rings. The second kappa shape index (κ2) is 11.0. The Hall–Kier alpha value is -0.630. The van der Waals surface area contributed by atoms with Crippen molar-refractivity contribution in [3.8, 4) is 5.75 Å². The molecule has 130 valence electrons. The second-order valence-electron chi connectivity index (χ2n) is 5.60. The summed E-state index contributed by atoms with van der Waals surface area (Å²) in [6, 6.07) is 7.79. The van der Waals surface area contributed by atoms with E-state index >= 15 is 0 Å². The molecular formula is C17H28IN3OS. The van der Waals surface area contributed by atoms with Crippen molar-refractivity contribution in [1.82, 2.24) is 10.6 Å². The predicted octanol–water partition coefficient (Wildman–Crippen LogP) is 3.74. The van der Waals surface area contributed by atoms with Gasteiger partial charge in [0.15, 0.2) is 5.96 Å². The summed E-state index contributed by atoms with van der Waals surface area (Å²) in [4.78, 5) is 4.64. The van der Waals surface area contributed by atoms with Crippen molar-refractivity contribution in [2.45, 2.75) is 50.9 Å². The number of nitrogens with zero attached hydrogens (tertiary/aromatic N) is 1. The molecule has 23 heavy (non-hydrogen) atoms. The summed E-state index contributed by atoms with van der Waals surface area (Å²) in [5.41, 5.74) is 1.02. The van der Waals surface area contributed by atoms with Crippen LogP contribution in [0.15, 0.2) is 29.3 Å². The van der Waals surface area contributed by atoms with Crippen molar-refractivity contribution in [3.63, 3.8) is 0 Å². The summed E-state index contributed by atoms with van der Waals surface area (Å²) in [5.74, 6) is 2.36. The first kappa shape index (κ1) is 20.4. The van der Waals surface area contributed by atoms with E-state index in [1.165, 1.54) is 25.0 Å². The number of rotatable bonds is 6. The van der Waals surface area contributed by atoms with Gasteiger partial charge in [0, 0.05) is 17.8 Å². The molecule has 0 aliphatic heterocycles. The number of phenols is 1. The summed E-state index contributed by atoms with van der Waals surface area (Å²) in [6.07, 6.45) is 3.73. The van der Waals surface area contributed by atoms with Gasteiger partial charge in [0.05, 0.1) is 6.54 Å². The largest absolute Gasteiger partial charge is 0.508 e. The van der Waals surface area contributed by atoms with Gasteiger partial charge in [-0.05, 0) is 49.6 Å². The molecule has 1 aromatic rings. The lowest BCUT2D eigenvalue weighted by Gasteiger charge is -2.17. The quantitative estimate of drug-likeness (QED) is 0.352. The lowest BCUT2D eigenvalue weighted by atomic mass is 10.2. The fraction of sp³-hybridized carbons (Fsp3) is 0.588. The molecule has 0 heterocycles. The van der Waals surface area contributed by atoms with Gasteiger partial charge in [-0.3, -0.25) is 0 Å². The minimum absolute atomic E-state index is 0. The predicted molar refractivity (Wildman–Crippen MR) is 111 cm³/mol. The molecule has 4 nitrogen and oxygen atoms in total. The average Bonchev–Trinajstić information content (AvgIpc) is 2.93. The zero-order valence-corrected chi connectivity index (χ0v) is 17.1. The van der Waals surface area contributed by atoms with Crippen LogP contribution in [0.3, 0.4) is 0 Å². The van der Waals surface area contributed by atoms with Crippen LogP contribution < -0.4 is 10.6 Å². The standard InChI is InChI=1S/C17H27N3OS.HI/c1-3-18-17(19-12-13-6-5-7-15(21)10-13)20-14-8-9-16(11-14)22-4-2;/h5-7,10,14,16,21H,3-4,8-9,11-12H2,1-2H3,(H2,18,19,20);1H. The Morgan fingerprint density at radius 2 is 2.17 bits per heavy atom. The molecule has 3 N–H and O–H groups in total. The molecule has 0 aromatic heterocycles. The van der Waals surface area contributed by atoms with Crippen molar-refractivity contribution in [2.75, 3.05) is 12.3 Å². The number of benzene rings is 1. The van der Waals surface area contributed by atoms with Crippen molar-refractivity contribution in [2.24, 2.45) is 4.99 Å². The Kier molecular flexibility index (Phi) is 9.78. The van der Waals surface area contributed by atoms with Crippen LogP contribution >= 0.6 is 35.7 Å². The van der Waals surface area contributed by atoms with Crippen LogP contribution in [0.4, 0.5) is 0 Å². The van der Waals surface area contributed by atoms with Crippen molar-refractivity contribution in [1.29, 1.82) is 0 Å². The monoisotopic (exact) mass is 449 g/mol. The van der Waals surface area contributed by atoms with Crippen LogP contribution in [-0.2, 0) is 6.54 Å². The van der Waals surface area contributed by atoms with Crippen LogP contribution in [0, 0.1) is 0 Å². The average molecular weight is 449 g/mol. The van der Waals surface area contributed by atoms with E-state index in [0.29, 0.717) is 18.3 Å². The summed E-state index contributed by atoms with van der Waals surface area (Å²) in [7, 11) is 0. The van der Waals surface area contributed by atoms with E-state index in [1.54, 1.807) is 12.1 Å². The minimum Gasteiger partial charge on any atom is -0.508 e. The first-order valence-electron chi connectivity index (χ1n) is 8.15. The van der Waals surface area contributed by atoms with Gasteiger partial charge in [-0.2, -0.15) is 11.8 Å². The zero-order valence-electron chi connectivity index (χ0n) is 13.9. The highest BCUT2D eigenvalue weighted by atomic mass is 127. The summed E-state index contributed by atoms with van der Waals surface area (Å²) in [6.45, 7) is 5.73. The molecule has 0 bridgehead atoms. The van der Waals surface area contributed by atoms with Gasteiger partial charge in [-0.1, -0.05) is 19.1 Å². The first-order chi connectivity index (χ1) is 10.7. The lowest BCUT2D eigenvalue weighted by molar-refractivity contribution is 0.474. The number of guanidine groups is 1. The Morgan fingerprint density at radius 1 is 1.35 bits per heavy atom. The van der Waals surface area contributed by atoms with Gasteiger partial charge in [0.25, 0.3) is 0 Å². The number of phenolic OH excluding ortho intramolecular Hbond substituents is 1. The molecule has 0 spiro atoms. The fourth-order valence-electron chi connectivity index (χ4n) is 2.80. The third-order valence-electron chi connectivity index (χ3n) is 3.80. The third-order valence-corrected chi connectivity index (χ3v) is 5.04. The maximum atomic E-state index is 9.51. The van der Waals surface area contributed by atoms with E-state index in [1.807, 2.05) is 12.1 Å². The van der Waals surface area contributed by atoms with Gasteiger partial charge in [-0.15, -0.1) is 24.0 Å². The van der Waals surface area contributed by atoms with Crippen LogP contribution in [-0.4, -0.2) is 34.7 Å². The van der Waals surface area contributed by atoms with E-state index < -0.39 is 0 Å². The molecule has 0 amide bonds. The summed E-state index contributed by atoms with van der Waals surface area (Å²) in [5, 5.41) is 17.2. The van der Waals surface area contributed by atoms with Gasteiger partial charge >= 0.3 is 0 Å². The Morgan fingerprint density at radius 3 is 2.87 bits per heavy atom. The lowest BCUT2D eigenvalue weighted by Crippen LogP contribution is -2.42. The van der Waals surface area contributed by atoms with E-state index in [-0.39, 0.29) is 24.0 Å². The topological polar surface area (TPSA) is 56.7 Å². The van der Waals surface area contributed by atoms with Crippen molar-refractivity contribution in [3.05, 3.63) is 29.8 Å². The summed E-state index contributed by atoms with van der Waals surface area (Å²) < 4.78 is 0. The van der Waals surface area contributed by atoms with Crippen LogP contribution in [0.1, 0.15) is 38.7 Å². The van der Waals surface area contributed by atoms with Crippen LogP contribution in [0.25, 0.3) is 0 Å². The minimum atomic E-state index is 0. The maximum Gasteiger partial charge on any atom is 0.191 e. The molecule has 2 rings (SSSR count). The third kappa shape index (κ3) is 7.20. The SMILES string of the molecule is CCNC(=NCc1cccc(O)c1)NC1CCC(SCC)C1.I.